The summed E-state index contributed by atoms with van der Waals surface area (Å²) in [4.78, 5) is 11.1. The van der Waals surface area contributed by atoms with E-state index < -0.39 is 29.7 Å². The summed E-state index contributed by atoms with van der Waals surface area (Å²) in [6, 6.07) is 7.62. The Hall–Kier alpha value is -2.25. The van der Waals surface area contributed by atoms with Crippen LogP contribution in [0.2, 0.25) is 5.02 Å². The topological polar surface area (TPSA) is 66.8 Å². The first-order valence-corrected chi connectivity index (χ1v) is 8.15. The number of halogens is 4. The highest BCUT2D eigenvalue weighted by Crippen LogP contribution is 2.66. The van der Waals surface area contributed by atoms with Crippen LogP contribution < -0.4 is 4.74 Å². The number of carboxylic acids is 1. The fraction of sp³-hybridized carbons (Fsp3) is 0.278. The van der Waals surface area contributed by atoms with Gasteiger partial charge in [0.2, 0.25) is 0 Å². The SMILES string of the molecule is O=C(O)[C@@H]1C2c3ccc(Oc4ccc(C(F)(F)F)cc4Cl)cc3C(O)[C@H]21. The van der Waals surface area contributed by atoms with Crippen molar-refractivity contribution in [1.29, 1.82) is 0 Å². The summed E-state index contributed by atoms with van der Waals surface area (Å²) in [7, 11) is 0. The van der Waals surface area contributed by atoms with Crippen molar-refractivity contribution in [2.24, 2.45) is 11.8 Å². The first-order valence-electron chi connectivity index (χ1n) is 7.78. The van der Waals surface area contributed by atoms with Gasteiger partial charge in [0, 0.05) is 11.8 Å². The van der Waals surface area contributed by atoms with E-state index in [4.69, 9.17) is 21.4 Å². The van der Waals surface area contributed by atoms with Crippen molar-refractivity contribution in [3.8, 4) is 11.5 Å². The maximum atomic E-state index is 12.7. The van der Waals surface area contributed by atoms with Crippen LogP contribution in [-0.2, 0) is 11.0 Å². The van der Waals surface area contributed by atoms with E-state index in [-0.39, 0.29) is 22.6 Å². The van der Waals surface area contributed by atoms with Crippen molar-refractivity contribution in [3.63, 3.8) is 0 Å². The molecule has 2 aromatic rings. The lowest BCUT2D eigenvalue weighted by Gasteiger charge is -2.14. The van der Waals surface area contributed by atoms with Gasteiger partial charge in [-0.25, -0.2) is 0 Å². The number of aliphatic hydroxyl groups is 1. The van der Waals surface area contributed by atoms with Gasteiger partial charge in [0.25, 0.3) is 0 Å². The Morgan fingerprint density at radius 1 is 1.12 bits per heavy atom. The van der Waals surface area contributed by atoms with Gasteiger partial charge in [-0.15, -0.1) is 0 Å². The van der Waals surface area contributed by atoms with Crippen molar-refractivity contribution in [2.75, 3.05) is 0 Å². The Kier molecular flexibility index (Phi) is 3.71. The number of aliphatic carboxylic acids is 1. The van der Waals surface area contributed by atoms with E-state index in [1.54, 1.807) is 18.2 Å². The van der Waals surface area contributed by atoms with Crippen molar-refractivity contribution in [2.45, 2.75) is 18.2 Å². The molecule has 0 spiro atoms. The number of alkyl halides is 3. The minimum atomic E-state index is -4.50. The molecule has 136 valence electrons. The molecule has 0 heterocycles. The molecule has 8 heteroatoms. The molecule has 0 aromatic heterocycles. The molecule has 2 aromatic carbocycles. The standard InChI is InChI=1S/C18H12ClF3O4/c19-11-5-7(18(20,21)22)1-4-12(11)26-8-2-3-9-10(6-8)16(23)14-13(9)15(14)17(24)25/h1-6,13-16,23H,(H,24,25)/t13?,14-,15-,16?/m1/s1. The summed E-state index contributed by atoms with van der Waals surface area (Å²) in [5.41, 5.74) is 0.470. The molecule has 1 saturated carbocycles. The zero-order valence-corrected chi connectivity index (χ0v) is 13.8. The van der Waals surface area contributed by atoms with Crippen LogP contribution in [0, 0.1) is 11.8 Å². The van der Waals surface area contributed by atoms with Gasteiger partial charge >= 0.3 is 12.1 Å². The molecule has 0 bridgehead atoms. The predicted molar refractivity (Wildman–Crippen MR) is 85.3 cm³/mol. The second-order valence-corrected chi connectivity index (χ2v) is 6.85. The van der Waals surface area contributed by atoms with Crippen LogP contribution in [0.4, 0.5) is 13.2 Å². The van der Waals surface area contributed by atoms with E-state index in [9.17, 15) is 23.1 Å². The van der Waals surface area contributed by atoms with E-state index in [0.717, 1.165) is 23.8 Å². The maximum absolute atomic E-state index is 12.7. The van der Waals surface area contributed by atoms with Gasteiger partial charge < -0.3 is 14.9 Å². The fourth-order valence-corrected chi connectivity index (χ4v) is 3.94. The summed E-state index contributed by atoms with van der Waals surface area (Å²) in [6.45, 7) is 0. The van der Waals surface area contributed by atoms with Gasteiger partial charge in [0.1, 0.15) is 11.5 Å². The number of aliphatic hydroxyl groups excluding tert-OH is 1. The number of carbonyl (C=O) groups is 1. The third kappa shape index (κ3) is 2.62. The van der Waals surface area contributed by atoms with Gasteiger partial charge in [-0.3, -0.25) is 4.79 Å². The highest BCUT2D eigenvalue weighted by atomic mass is 35.5. The molecule has 26 heavy (non-hydrogen) atoms. The molecule has 0 radical (unpaired) electrons. The van der Waals surface area contributed by atoms with Crippen LogP contribution in [0.3, 0.4) is 0 Å². The van der Waals surface area contributed by atoms with Gasteiger partial charge in [-0.2, -0.15) is 13.2 Å². The highest BCUT2D eigenvalue weighted by Gasteiger charge is 2.64. The average molecular weight is 385 g/mol. The summed E-state index contributed by atoms with van der Waals surface area (Å²) < 4.78 is 43.6. The molecule has 4 rings (SSSR count). The fourth-order valence-electron chi connectivity index (χ4n) is 3.72. The van der Waals surface area contributed by atoms with E-state index in [1.807, 2.05) is 0 Å². The molecule has 1 fully saturated rings. The molecule has 2 aliphatic rings. The quantitative estimate of drug-likeness (QED) is 0.810. The third-order valence-corrected chi connectivity index (χ3v) is 5.24. The number of carboxylic acid groups (broad SMARTS) is 1. The smallest absolute Gasteiger partial charge is 0.416 e. The van der Waals surface area contributed by atoms with Gasteiger partial charge in [0.05, 0.1) is 22.6 Å². The highest BCUT2D eigenvalue weighted by molar-refractivity contribution is 6.32. The number of ether oxygens (including phenoxy) is 1. The summed E-state index contributed by atoms with van der Waals surface area (Å²) in [5.74, 6) is -1.69. The molecule has 0 aliphatic heterocycles. The summed E-state index contributed by atoms with van der Waals surface area (Å²) in [5, 5.41) is 19.3. The van der Waals surface area contributed by atoms with Crippen LogP contribution in [0.1, 0.15) is 28.7 Å². The molecule has 0 amide bonds. The average Bonchev–Trinajstić information content (AvgIpc) is 3.24. The zero-order valence-electron chi connectivity index (χ0n) is 13.0. The number of hydrogen-bond donors (Lipinski definition) is 2. The Labute approximate surface area is 150 Å². The van der Waals surface area contributed by atoms with Crippen molar-refractivity contribution >= 4 is 17.6 Å². The summed E-state index contributed by atoms with van der Waals surface area (Å²) in [6.07, 6.45) is -5.40. The first-order chi connectivity index (χ1) is 12.2. The minimum Gasteiger partial charge on any atom is -0.481 e. The molecule has 4 atom stereocenters. The number of hydrogen-bond acceptors (Lipinski definition) is 3. The molecule has 2 N–H and O–H groups in total. The molecule has 0 saturated heterocycles. The van der Waals surface area contributed by atoms with E-state index >= 15 is 0 Å². The molecular weight excluding hydrogens is 373 g/mol. The third-order valence-electron chi connectivity index (χ3n) is 4.95. The van der Waals surface area contributed by atoms with Crippen LogP contribution in [0.15, 0.2) is 36.4 Å². The van der Waals surface area contributed by atoms with Crippen LogP contribution in [-0.4, -0.2) is 16.2 Å². The van der Waals surface area contributed by atoms with Crippen molar-refractivity contribution in [3.05, 3.63) is 58.1 Å². The van der Waals surface area contributed by atoms with E-state index in [0.29, 0.717) is 11.3 Å². The Balaban J connectivity index is 1.58. The van der Waals surface area contributed by atoms with E-state index in [2.05, 4.69) is 0 Å². The van der Waals surface area contributed by atoms with Crippen LogP contribution in [0.5, 0.6) is 11.5 Å². The second kappa shape index (κ2) is 5.62. The maximum Gasteiger partial charge on any atom is 0.416 e. The molecule has 2 aliphatic carbocycles. The lowest BCUT2D eigenvalue weighted by molar-refractivity contribution is -0.139. The molecule has 2 unspecified atom stereocenters. The van der Waals surface area contributed by atoms with Crippen molar-refractivity contribution < 1.29 is 32.9 Å². The Morgan fingerprint density at radius 2 is 1.85 bits per heavy atom. The largest absolute Gasteiger partial charge is 0.481 e. The summed E-state index contributed by atoms with van der Waals surface area (Å²) >= 11 is 5.88. The van der Waals surface area contributed by atoms with Crippen LogP contribution >= 0.6 is 11.6 Å². The van der Waals surface area contributed by atoms with Gasteiger partial charge in [-0.1, -0.05) is 17.7 Å². The van der Waals surface area contributed by atoms with E-state index in [1.165, 1.54) is 0 Å². The number of fused-ring (bicyclic) bond motifs is 3. The van der Waals surface area contributed by atoms with Crippen molar-refractivity contribution in [1.82, 2.24) is 0 Å². The minimum absolute atomic E-state index is 0.0562. The number of benzene rings is 2. The van der Waals surface area contributed by atoms with Crippen LogP contribution in [0.25, 0.3) is 0 Å². The first kappa shape index (κ1) is 17.2. The molecule has 4 nitrogen and oxygen atoms in total. The van der Waals surface area contributed by atoms with Gasteiger partial charge in [-0.05, 0) is 41.5 Å². The monoisotopic (exact) mass is 384 g/mol. The predicted octanol–water partition coefficient (Wildman–Crippen LogP) is 4.61. The lowest BCUT2D eigenvalue weighted by Crippen LogP contribution is -2.09. The zero-order chi connectivity index (χ0) is 18.8. The second-order valence-electron chi connectivity index (χ2n) is 6.45. The molecular formula is C18H12ClF3O4. The Bertz CT molecular complexity index is 912. The van der Waals surface area contributed by atoms with Gasteiger partial charge in [0.15, 0.2) is 0 Å². The Morgan fingerprint density at radius 3 is 2.46 bits per heavy atom. The normalized spacial score (nSPS) is 26.2. The lowest BCUT2D eigenvalue weighted by atomic mass is 10.00. The number of rotatable bonds is 3.